The fourth-order valence-electron chi connectivity index (χ4n) is 4.29. The van der Waals surface area contributed by atoms with Crippen molar-refractivity contribution in [1.82, 2.24) is 0 Å². The van der Waals surface area contributed by atoms with Crippen LogP contribution in [0.5, 0.6) is 5.75 Å². The maximum absolute atomic E-state index is 14.3. The molecule has 1 aliphatic rings. The van der Waals surface area contributed by atoms with E-state index in [0.29, 0.717) is 35.2 Å². The van der Waals surface area contributed by atoms with Crippen LogP contribution in [-0.4, -0.2) is 25.7 Å². The fourth-order valence-corrected chi connectivity index (χ4v) is 4.48. The van der Waals surface area contributed by atoms with Crippen molar-refractivity contribution >= 4 is 28.9 Å². The van der Waals surface area contributed by atoms with Crippen molar-refractivity contribution in [3.05, 3.63) is 88.2 Å². The van der Waals surface area contributed by atoms with E-state index >= 15 is 0 Å². The zero-order valence-corrected chi connectivity index (χ0v) is 22.6. The van der Waals surface area contributed by atoms with Gasteiger partial charge in [-0.05, 0) is 72.7 Å². The van der Waals surface area contributed by atoms with Gasteiger partial charge in [0.25, 0.3) is 0 Å². The number of ether oxygens (including phenoxy) is 1. The Morgan fingerprint density at radius 3 is 2.71 bits per heavy atom. The van der Waals surface area contributed by atoms with Crippen LogP contribution in [0.1, 0.15) is 29.5 Å². The summed E-state index contributed by atoms with van der Waals surface area (Å²) in [5.41, 5.74) is 4.72. The summed E-state index contributed by atoms with van der Waals surface area (Å²) in [5, 5.41) is 14.5. The fraction of sp³-hybridized carbons (Fsp3) is 0.296. The summed E-state index contributed by atoms with van der Waals surface area (Å²) in [6, 6.07) is 18.6. The van der Waals surface area contributed by atoms with Crippen LogP contribution in [0.25, 0.3) is 0 Å². The van der Waals surface area contributed by atoms with Crippen molar-refractivity contribution in [3.8, 4) is 5.75 Å². The van der Waals surface area contributed by atoms with Gasteiger partial charge in [-0.1, -0.05) is 41.9 Å². The minimum atomic E-state index is -1.18. The number of rotatable bonds is 10. The average Bonchev–Trinajstić information content (AvgIpc) is 2.83. The van der Waals surface area contributed by atoms with Gasteiger partial charge in [-0.2, -0.15) is 0 Å². The second-order valence-electron chi connectivity index (χ2n) is 8.32. The Morgan fingerprint density at radius 1 is 1.11 bits per heavy atom. The third-order valence-corrected chi connectivity index (χ3v) is 6.35. The molecule has 0 spiro atoms. The van der Waals surface area contributed by atoms with Gasteiger partial charge < -0.3 is 24.9 Å². The van der Waals surface area contributed by atoms with E-state index in [2.05, 4.69) is 22.3 Å². The van der Waals surface area contributed by atoms with Crippen molar-refractivity contribution in [1.29, 1.82) is 0 Å². The van der Waals surface area contributed by atoms with E-state index in [1.807, 2.05) is 30.3 Å². The van der Waals surface area contributed by atoms with Crippen LogP contribution in [0.2, 0.25) is 5.02 Å². The zero-order chi connectivity index (χ0) is 23.9. The van der Waals surface area contributed by atoms with Crippen LogP contribution in [0.4, 0.5) is 15.8 Å². The molecular weight excluding hydrogens is 478 g/mol. The summed E-state index contributed by atoms with van der Waals surface area (Å²) in [6.45, 7) is 2.84. The molecule has 0 aliphatic carbocycles. The minimum absolute atomic E-state index is 0. The Balaban J connectivity index is 0.00000342. The number of halogens is 2. The summed E-state index contributed by atoms with van der Waals surface area (Å²) >= 11 is 6.18. The van der Waals surface area contributed by atoms with Crippen molar-refractivity contribution in [2.75, 3.05) is 29.9 Å². The molecule has 0 radical (unpaired) electrons. The second-order valence-corrected chi connectivity index (χ2v) is 8.72. The van der Waals surface area contributed by atoms with Gasteiger partial charge in [0.2, 0.25) is 0 Å². The Hall–Kier alpha value is -2.25. The van der Waals surface area contributed by atoms with Gasteiger partial charge in [0, 0.05) is 30.4 Å². The largest absolute Gasteiger partial charge is 1.00 e. The quantitative estimate of drug-likeness (QED) is 0.425. The molecular formula is C27H27ClFN2NaO3. The van der Waals surface area contributed by atoms with Crippen molar-refractivity contribution in [2.24, 2.45) is 0 Å². The van der Waals surface area contributed by atoms with Gasteiger partial charge in [-0.15, -0.1) is 0 Å². The van der Waals surface area contributed by atoms with Crippen molar-refractivity contribution < 1.29 is 48.6 Å². The molecule has 0 aromatic heterocycles. The maximum atomic E-state index is 14.3. The first kappa shape index (κ1) is 27.3. The van der Waals surface area contributed by atoms with E-state index in [0.717, 1.165) is 25.9 Å². The molecule has 178 valence electrons. The van der Waals surface area contributed by atoms with Crippen LogP contribution in [0, 0.1) is 5.82 Å². The third kappa shape index (κ3) is 7.37. The van der Waals surface area contributed by atoms with E-state index < -0.39 is 11.8 Å². The number of carbonyl (C=O) groups is 1. The topological polar surface area (TPSA) is 64.6 Å². The van der Waals surface area contributed by atoms with E-state index in [9.17, 15) is 14.3 Å². The minimum Gasteiger partial charge on any atom is -0.550 e. The predicted octanol–water partition coefficient (Wildman–Crippen LogP) is 1.61. The summed E-state index contributed by atoms with van der Waals surface area (Å²) < 4.78 is 20.2. The molecule has 4 rings (SSSR count). The van der Waals surface area contributed by atoms with Gasteiger partial charge in [0.1, 0.15) is 18.2 Å². The Bertz CT molecular complexity index is 1160. The van der Waals surface area contributed by atoms with E-state index in [1.54, 1.807) is 12.1 Å². The molecule has 1 aliphatic heterocycles. The summed E-state index contributed by atoms with van der Waals surface area (Å²) in [4.78, 5) is 13.0. The van der Waals surface area contributed by atoms with E-state index in [-0.39, 0.29) is 42.4 Å². The number of fused-ring (bicyclic) bond motifs is 1. The molecule has 3 aromatic carbocycles. The smallest absolute Gasteiger partial charge is 0.550 e. The van der Waals surface area contributed by atoms with Gasteiger partial charge in [-0.3, -0.25) is 0 Å². The monoisotopic (exact) mass is 504 g/mol. The first-order valence-corrected chi connectivity index (χ1v) is 11.8. The number of benzene rings is 3. The number of carbonyl (C=O) groups excluding carboxylic acids is 1. The molecule has 1 heterocycles. The number of nitrogens with zero attached hydrogens (tertiary/aromatic N) is 1. The molecule has 1 N–H and O–H groups in total. The summed E-state index contributed by atoms with van der Waals surface area (Å²) in [5.74, 6) is -0.900. The molecule has 0 amide bonds. The normalized spacial score (nSPS) is 12.5. The molecule has 8 heteroatoms. The maximum Gasteiger partial charge on any atom is 1.00 e. The van der Waals surface area contributed by atoms with Gasteiger partial charge in [0.05, 0.1) is 11.6 Å². The number of hydrogen-bond acceptors (Lipinski definition) is 5. The van der Waals surface area contributed by atoms with E-state index in [1.165, 1.54) is 22.9 Å². The SMILES string of the molecule is O=C([O-])CCc1ccc(NCc2cccc3c2CCCN3CCOc2ccccc2Cl)cc1F.[Na+]. The average molecular weight is 505 g/mol. The molecule has 35 heavy (non-hydrogen) atoms. The van der Waals surface area contributed by atoms with Crippen LogP contribution >= 0.6 is 11.6 Å². The van der Waals surface area contributed by atoms with Crippen LogP contribution in [-0.2, 0) is 24.2 Å². The number of nitrogens with one attached hydrogen (secondary N) is 1. The van der Waals surface area contributed by atoms with Gasteiger partial charge in [-0.25, -0.2) is 4.39 Å². The Morgan fingerprint density at radius 2 is 1.94 bits per heavy atom. The first-order valence-electron chi connectivity index (χ1n) is 11.5. The Kier molecular flexibility index (Phi) is 10.3. The number of hydrogen-bond donors (Lipinski definition) is 1. The van der Waals surface area contributed by atoms with Gasteiger partial charge >= 0.3 is 29.6 Å². The second kappa shape index (κ2) is 13.2. The predicted molar refractivity (Wildman–Crippen MR) is 131 cm³/mol. The number of para-hydroxylation sites is 1. The number of carboxylic acids is 1. The summed E-state index contributed by atoms with van der Waals surface area (Å²) in [6.07, 6.45) is 1.97. The van der Waals surface area contributed by atoms with Crippen LogP contribution in [0.3, 0.4) is 0 Å². The number of carboxylic acid groups (broad SMARTS) is 1. The van der Waals surface area contributed by atoms with Crippen molar-refractivity contribution in [3.63, 3.8) is 0 Å². The third-order valence-electron chi connectivity index (χ3n) is 6.03. The van der Waals surface area contributed by atoms with Crippen LogP contribution < -0.4 is 49.6 Å². The molecule has 3 aromatic rings. The number of anilines is 2. The zero-order valence-electron chi connectivity index (χ0n) is 19.9. The first-order chi connectivity index (χ1) is 16.5. The molecule has 0 atom stereocenters. The molecule has 0 unspecified atom stereocenters. The molecule has 0 fully saturated rings. The number of aliphatic carboxylic acids is 1. The standard InChI is InChI=1S/C27H28ClFN2O3.Na/c28-23-7-1-2-9-26(23)34-16-15-31-14-4-6-22-20(5-3-8-25(22)31)18-30-21-12-10-19(24(29)17-21)11-13-27(32)33;/h1-3,5,7-10,12,17,30H,4,6,11,13-16,18H2,(H,32,33);/q;+1/p-1. The van der Waals surface area contributed by atoms with Crippen molar-refractivity contribution in [2.45, 2.75) is 32.2 Å². The molecule has 5 nitrogen and oxygen atoms in total. The van der Waals surface area contributed by atoms with Gasteiger partial charge in [0.15, 0.2) is 0 Å². The molecule has 0 saturated heterocycles. The van der Waals surface area contributed by atoms with E-state index in [4.69, 9.17) is 16.3 Å². The Labute approximate surface area is 232 Å². The number of aryl methyl sites for hydroxylation is 1. The summed E-state index contributed by atoms with van der Waals surface area (Å²) in [7, 11) is 0. The molecule has 0 saturated carbocycles. The van der Waals surface area contributed by atoms with Crippen LogP contribution in [0.15, 0.2) is 60.7 Å². The molecule has 0 bridgehead atoms.